The summed E-state index contributed by atoms with van der Waals surface area (Å²) in [7, 11) is -1.82. The van der Waals surface area contributed by atoms with E-state index in [1.54, 1.807) is 18.2 Å². The molecule has 3 rings (SSSR count). The Labute approximate surface area is 184 Å². The summed E-state index contributed by atoms with van der Waals surface area (Å²) in [5.74, 6) is -0.453. The van der Waals surface area contributed by atoms with Crippen LogP contribution in [0.15, 0.2) is 48.5 Å². The van der Waals surface area contributed by atoms with Crippen LogP contribution in [-0.2, 0) is 10.8 Å². The zero-order chi connectivity index (χ0) is 22.8. The molecule has 7 heteroatoms. The molecule has 0 radical (unpaired) electrons. The van der Waals surface area contributed by atoms with Gasteiger partial charge in [-0.15, -0.1) is 0 Å². The third kappa shape index (κ3) is 5.11. The number of benzene rings is 2. The number of hydrogen-bond donors (Lipinski definition) is 2. The van der Waals surface area contributed by atoms with E-state index in [0.717, 1.165) is 12.0 Å². The third-order valence-electron chi connectivity index (χ3n) is 6.00. The minimum Gasteiger partial charge on any atom is -0.416 e. The van der Waals surface area contributed by atoms with Crippen LogP contribution < -0.4 is 5.73 Å². The van der Waals surface area contributed by atoms with E-state index in [1.165, 1.54) is 12.1 Å². The molecule has 31 heavy (non-hydrogen) atoms. The van der Waals surface area contributed by atoms with Crippen molar-refractivity contribution in [1.29, 1.82) is 0 Å². The van der Waals surface area contributed by atoms with Crippen molar-refractivity contribution in [3.8, 4) is 11.3 Å². The molecule has 0 amide bonds. The second-order valence-corrected chi connectivity index (χ2v) is 14.1. The van der Waals surface area contributed by atoms with Crippen molar-refractivity contribution in [3.63, 3.8) is 0 Å². The summed E-state index contributed by atoms with van der Waals surface area (Å²) in [6, 6.07) is 13.3. The number of nitrogens with one attached hydrogen (secondary N) is 1. The number of carbonyl (C=O) groups is 1. The number of anilines is 1. The van der Waals surface area contributed by atoms with E-state index >= 15 is 0 Å². The molecule has 5 nitrogen and oxygen atoms in total. The van der Waals surface area contributed by atoms with Gasteiger partial charge in [0.25, 0.3) is 0 Å². The number of carbonyl (C=O) groups excluding carboxylic acids is 1. The molecule has 0 aliphatic carbocycles. The Bertz CT molecular complexity index is 1070. The highest BCUT2D eigenvalue weighted by Gasteiger charge is 2.36. The van der Waals surface area contributed by atoms with E-state index in [2.05, 4.69) is 44.1 Å². The number of hydrogen-bond acceptors (Lipinski definition) is 4. The highest BCUT2D eigenvalue weighted by Crippen LogP contribution is 2.36. The molecular formula is C24H30FN3O2Si. The van der Waals surface area contributed by atoms with E-state index < -0.39 is 8.32 Å². The number of aromatic amines is 1. The topological polar surface area (TPSA) is 81.0 Å². The van der Waals surface area contributed by atoms with Crippen LogP contribution >= 0.6 is 0 Å². The van der Waals surface area contributed by atoms with Crippen molar-refractivity contribution in [3.05, 3.63) is 71.0 Å². The molecule has 0 saturated carbocycles. The second-order valence-electron chi connectivity index (χ2n) is 9.25. The summed E-state index contributed by atoms with van der Waals surface area (Å²) >= 11 is 0. The summed E-state index contributed by atoms with van der Waals surface area (Å²) in [5.41, 5.74) is 8.97. The zero-order valence-corrected chi connectivity index (χ0v) is 19.8. The maximum atomic E-state index is 13.3. The Morgan fingerprint density at radius 1 is 1.16 bits per heavy atom. The van der Waals surface area contributed by atoms with Crippen LogP contribution in [0.3, 0.4) is 0 Å². The number of halogens is 1. The highest BCUT2D eigenvalue weighted by molar-refractivity contribution is 6.74. The highest BCUT2D eigenvalue weighted by atomic mass is 28.4. The molecule has 0 aliphatic rings. The van der Waals surface area contributed by atoms with Gasteiger partial charge >= 0.3 is 0 Å². The van der Waals surface area contributed by atoms with Crippen LogP contribution in [-0.4, -0.2) is 30.9 Å². The van der Waals surface area contributed by atoms with Crippen molar-refractivity contribution in [2.24, 2.45) is 0 Å². The van der Waals surface area contributed by atoms with E-state index in [0.29, 0.717) is 29.0 Å². The molecule has 0 aliphatic heterocycles. The first-order valence-electron chi connectivity index (χ1n) is 10.4. The van der Waals surface area contributed by atoms with E-state index in [-0.39, 0.29) is 22.5 Å². The molecular weight excluding hydrogens is 409 g/mol. The molecule has 1 heterocycles. The van der Waals surface area contributed by atoms with Crippen molar-refractivity contribution >= 4 is 19.9 Å². The molecule has 0 fully saturated rings. The Morgan fingerprint density at radius 2 is 1.84 bits per heavy atom. The van der Waals surface area contributed by atoms with Gasteiger partial charge in [-0.3, -0.25) is 9.89 Å². The molecule has 0 atom stereocenters. The first kappa shape index (κ1) is 22.9. The van der Waals surface area contributed by atoms with Crippen LogP contribution in [0.5, 0.6) is 0 Å². The number of nitrogens with two attached hydrogens (primary N) is 1. The molecule has 0 saturated heterocycles. The quantitative estimate of drug-likeness (QED) is 0.371. The summed E-state index contributed by atoms with van der Waals surface area (Å²) < 4.78 is 19.6. The SMILES string of the molecule is CC(C)(C)[Si](C)(C)OCCc1cccc(C(=O)c2c(N)n[nH]c2-c2ccc(F)cc2)c1. The smallest absolute Gasteiger partial charge is 0.198 e. The average molecular weight is 440 g/mol. The van der Waals surface area contributed by atoms with Crippen LogP contribution in [0.2, 0.25) is 18.1 Å². The molecule has 164 valence electrons. The predicted molar refractivity (Wildman–Crippen MR) is 125 cm³/mol. The summed E-state index contributed by atoms with van der Waals surface area (Å²) in [4.78, 5) is 13.3. The standard InChI is InChI=1S/C24H30FN3O2Si/c1-24(2,3)31(4,5)30-14-13-16-7-6-8-18(15-16)22(29)20-21(27-28-23(20)26)17-9-11-19(25)12-10-17/h6-12,15H,13-14H2,1-5H3,(H3,26,27,28). The molecule has 0 unspecified atom stereocenters. The first-order valence-corrected chi connectivity index (χ1v) is 13.3. The van der Waals surface area contributed by atoms with E-state index in [4.69, 9.17) is 10.2 Å². The van der Waals surface area contributed by atoms with Crippen LogP contribution in [0.1, 0.15) is 42.3 Å². The summed E-state index contributed by atoms with van der Waals surface area (Å²) in [6.07, 6.45) is 0.722. The zero-order valence-electron chi connectivity index (χ0n) is 18.8. The number of rotatable bonds is 7. The molecule has 0 spiro atoms. The lowest BCUT2D eigenvalue weighted by Gasteiger charge is -2.36. The van der Waals surface area contributed by atoms with Crippen molar-refractivity contribution in [1.82, 2.24) is 10.2 Å². The van der Waals surface area contributed by atoms with Crippen molar-refractivity contribution in [2.45, 2.75) is 45.3 Å². The number of H-pyrrole nitrogens is 1. The Morgan fingerprint density at radius 3 is 2.48 bits per heavy atom. The van der Waals surface area contributed by atoms with Gasteiger partial charge in [-0.1, -0.05) is 39.0 Å². The van der Waals surface area contributed by atoms with Gasteiger partial charge in [0.1, 0.15) is 5.82 Å². The monoisotopic (exact) mass is 439 g/mol. The van der Waals surface area contributed by atoms with Gasteiger partial charge in [0.15, 0.2) is 19.9 Å². The minimum atomic E-state index is -1.82. The third-order valence-corrected chi connectivity index (χ3v) is 10.5. The Hall–Kier alpha value is -2.77. The molecule has 2 aromatic carbocycles. The molecule has 0 bridgehead atoms. The minimum absolute atomic E-state index is 0.121. The fourth-order valence-corrected chi connectivity index (χ4v) is 4.11. The fourth-order valence-electron chi connectivity index (χ4n) is 3.06. The number of aromatic nitrogens is 2. The van der Waals surface area contributed by atoms with Gasteiger partial charge < -0.3 is 10.2 Å². The summed E-state index contributed by atoms with van der Waals surface area (Å²) in [6.45, 7) is 11.7. The first-order chi connectivity index (χ1) is 14.5. The van der Waals surface area contributed by atoms with Gasteiger partial charge in [-0.25, -0.2) is 4.39 Å². The van der Waals surface area contributed by atoms with E-state index in [9.17, 15) is 9.18 Å². The van der Waals surface area contributed by atoms with Gasteiger partial charge in [0, 0.05) is 17.7 Å². The molecule has 1 aromatic heterocycles. The largest absolute Gasteiger partial charge is 0.416 e. The maximum absolute atomic E-state index is 13.3. The van der Waals surface area contributed by atoms with Crippen LogP contribution in [0.25, 0.3) is 11.3 Å². The molecule has 3 aromatic rings. The number of nitrogen functional groups attached to an aromatic ring is 1. The lowest BCUT2D eigenvalue weighted by Crippen LogP contribution is -2.41. The predicted octanol–water partition coefficient (Wildman–Crippen LogP) is 5.59. The van der Waals surface area contributed by atoms with Gasteiger partial charge in [-0.2, -0.15) is 5.10 Å². The van der Waals surface area contributed by atoms with Crippen LogP contribution in [0.4, 0.5) is 10.2 Å². The summed E-state index contributed by atoms with van der Waals surface area (Å²) in [5, 5.41) is 6.97. The normalized spacial score (nSPS) is 12.2. The number of nitrogens with zero attached hydrogens (tertiary/aromatic N) is 1. The lowest BCUT2D eigenvalue weighted by atomic mass is 9.97. The van der Waals surface area contributed by atoms with Crippen molar-refractivity contribution < 1.29 is 13.6 Å². The van der Waals surface area contributed by atoms with Gasteiger partial charge in [-0.05, 0) is 60.4 Å². The number of ketones is 1. The van der Waals surface area contributed by atoms with E-state index in [1.807, 2.05) is 18.2 Å². The lowest BCUT2D eigenvalue weighted by molar-refractivity contribution is 0.104. The van der Waals surface area contributed by atoms with Crippen molar-refractivity contribution in [2.75, 3.05) is 12.3 Å². The fraction of sp³-hybridized carbons (Fsp3) is 0.333. The second kappa shape index (κ2) is 8.76. The Balaban J connectivity index is 1.80. The van der Waals surface area contributed by atoms with Gasteiger partial charge in [0.2, 0.25) is 0 Å². The maximum Gasteiger partial charge on any atom is 0.198 e. The molecule has 3 N–H and O–H groups in total. The van der Waals surface area contributed by atoms with Gasteiger partial charge in [0.05, 0.1) is 11.3 Å². The Kier molecular flexibility index (Phi) is 6.47. The van der Waals surface area contributed by atoms with Crippen LogP contribution in [0, 0.1) is 5.82 Å². The average Bonchev–Trinajstić information content (AvgIpc) is 3.08.